The molecule has 0 bridgehead atoms. The van der Waals surface area contributed by atoms with Crippen molar-refractivity contribution in [1.29, 1.82) is 0 Å². The minimum absolute atomic E-state index is 0.0314. The van der Waals surface area contributed by atoms with Gasteiger partial charge in [-0.2, -0.15) is 0 Å². The third kappa shape index (κ3) is 5.90. The molecule has 5 nitrogen and oxygen atoms in total. The first-order valence-electron chi connectivity index (χ1n) is 7.78. The molecule has 1 amide bonds. The first-order chi connectivity index (χ1) is 13.0. The Balaban J connectivity index is 1.56. The number of amides is 1. The molecule has 27 heavy (non-hydrogen) atoms. The van der Waals surface area contributed by atoms with Crippen molar-refractivity contribution >= 4 is 62.5 Å². The van der Waals surface area contributed by atoms with Gasteiger partial charge in [0, 0.05) is 10.0 Å². The molecule has 0 saturated carbocycles. The topological polar surface area (TPSA) is 85.9 Å². The van der Waals surface area contributed by atoms with Crippen LogP contribution in [0.5, 0.6) is 0 Å². The van der Waals surface area contributed by atoms with Crippen LogP contribution in [0, 0.1) is 0 Å². The van der Waals surface area contributed by atoms with Crippen molar-refractivity contribution in [3.05, 3.63) is 58.6 Å². The smallest absolute Gasteiger partial charge is 0.227 e. The van der Waals surface area contributed by atoms with E-state index < -0.39 is 5.91 Å². The molecule has 0 aliphatic carbocycles. The van der Waals surface area contributed by atoms with Crippen molar-refractivity contribution in [2.75, 3.05) is 11.5 Å². The second kappa shape index (κ2) is 9.50. The van der Waals surface area contributed by atoms with E-state index in [1.54, 1.807) is 0 Å². The minimum atomic E-state index is -0.397. The molecule has 1 heterocycles. The minimum Gasteiger partial charge on any atom is -0.369 e. The molecule has 1 aromatic heterocycles. The van der Waals surface area contributed by atoms with Gasteiger partial charge in [0.25, 0.3) is 0 Å². The molecule has 0 atom stereocenters. The monoisotopic (exact) mass is 479 g/mol. The molecule has 9 heteroatoms. The number of nitrogens with zero attached hydrogens (tertiary/aromatic N) is 2. The number of thioether (sulfide) groups is 2. The summed E-state index contributed by atoms with van der Waals surface area (Å²) in [5.41, 5.74) is 7.93. The van der Waals surface area contributed by atoms with Crippen LogP contribution >= 0.6 is 50.8 Å². The fourth-order valence-electron chi connectivity index (χ4n) is 2.15. The van der Waals surface area contributed by atoms with Gasteiger partial charge in [-0.05, 0) is 23.3 Å². The molecule has 138 valence electrons. The van der Waals surface area contributed by atoms with Gasteiger partial charge in [0.15, 0.2) is 14.5 Å². The summed E-state index contributed by atoms with van der Waals surface area (Å²) in [5.74, 6) is 0.0884. The number of aromatic nitrogens is 2. The Bertz CT molecular complexity index is 943. The van der Waals surface area contributed by atoms with Gasteiger partial charge in [0.1, 0.15) is 0 Å². The molecular formula is C18H14BrN3O2S3. The maximum Gasteiger partial charge on any atom is 0.227 e. The van der Waals surface area contributed by atoms with E-state index in [-0.39, 0.29) is 17.3 Å². The lowest BCUT2D eigenvalue weighted by molar-refractivity contribution is -0.115. The molecule has 3 aromatic rings. The lowest BCUT2D eigenvalue weighted by Crippen LogP contribution is -2.12. The molecule has 0 aliphatic heterocycles. The molecule has 0 unspecified atom stereocenters. The third-order valence-corrected chi connectivity index (χ3v) is 7.18. The Morgan fingerprint density at radius 2 is 1.41 bits per heavy atom. The van der Waals surface area contributed by atoms with Crippen molar-refractivity contribution in [2.24, 2.45) is 5.73 Å². The van der Waals surface area contributed by atoms with E-state index in [0.29, 0.717) is 14.2 Å². The number of halogens is 1. The average molecular weight is 480 g/mol. The predicted octanol–water partition coefficient (Wildman–Crippen LogP) is 4.52. The third-order valence-electron chi connectivity index (χ3n) is 3.44. The molecule has 0 spiro atoms. The van der Waals surface area contributed by atoms with Crippen molar-refractivity contribution in [1.82, 2.24) is 10.2 Å². The highest BCUT2D eigenvalue weighted by Gasteiger charge is 2.11. The summed E-state index contributed by atoms with van der Waals surface area (Å²) in [6.45, 7) is 0. The fraction of sp³-hybridized carbons (Fsp3) is 0.111. The summed E-state index contributed by atoms with van der Waals surface area (Å²) in [4.78, 5) is 23.2. The first kappa shape index (κ1) is 20.1. The van der Waals surface area contributed by atoms with E-state index in [1.165, 1.54) is 34.9 Å². The number of carbonyl (C=O) groups excluding carboxylic acids is 2. The average Bonchev–Trinajstić information content (AvgIpc) is 3.13. The zero-order valence-electron chi connectivity index (χ0n) is 13.9. The van der Waals surface area contributed by atoms with Gasteiger partial charge in [0.2, 0.25) is 5.91 Å². The van der Waals surface area contributed by atoms with Crippen LogP contribution in [-0.4, -0.2) is 33.4 Å². The number of nitrogens with two attached hydrogens (primary N) is 1. The number of primary amides is 1. The molecule has 0 radical (unpaired) electrons. The quantitative estimate of drug-likeness (QED) is 0.377. The van der Waals surface area contributed by atoms with Crippen molar-refractivity contribution in [3.8, 4) is 11.1 Å². The summed E-state index contributed by atoms with van der Waals surface area (Å²) in [6, 6.07) is 15.6. The molecule has 2 N–H and O–H groups in total. The standard InChI is InChI=1S/C18H14BrN3O2S3/c19-14-7-5-12(6-8-14)11-1-3-13(4-2-11)15(23)9-25-17-21-22-18(27-17)26-10-16(20)24/h1-8H,9-10H2,(H2,20,24). The van der Waals surface area contributed by atoms with Gasteiger partial charge in [-0.3, -0.25) is 9.59 Å². The Kier molecular flexibility index (Phi) is 7.06. The predicted molar refractivity (Wildman–Crippen MR) is 114 cm³/mol. The highest BCUT2D eigenvalue weighted by molar-refractivity contribution is 9.10. The number of ketones is 1. The Labute approximate surface area is 177 Å². The maximum atomic E-state index is 12.4. The van der Waals surface area contributed by atoms with E-state index in [4.69, 9.17) is 5.73 Å². The highest BCUT2D eigenvalue weighted by atomic mass is 79.9. The summed E-state index contributed by atoms with van der Waals surface area (Å²) < 4.78 is 2.40. The van der Waals surface area contributed by atoms with Crippen molar-refractivity contribution in [2.45, 2.75) is 8.68 Å². The van der Waals surface area contributed by atoms with Gasteiger partial charge >= 0.3 is 0 Å². The lowest BCUT2D eigenvalue weighted by atomic mass is 10.0. The normalized spacial score (nSPS) is 10.7. The summed E-state index contributed by atoms with van der Waals surface area (Å²) in [7, 11) is 0. The molecule has 3 rings (SSSR count). The van der Waals surface area contributed by atoms with E-state index in [2.05, 4.69) is 26.1 Å². The Morgan fingerprint density at radius 3 is 1.96 bits per heavy atom. The van der Waals surface area contributed by atoms with E-state index in [1.807, 2.05) is 48.5 Å². The van der Waals surface area contributed by atoms with Gasteiger partial charge in [-0.25, -0.2) is 0 Å². The van der Waals surface area contributed by atoms with Crippen LogP contribution in [0.2, 0.25) is 0 Å². The number of carbonyl (C=O) groups is 2. The molecule has 0 fully saturated rings. The highest BCUT2D eigenvalue weighted by Crippen LogP contribution is 2.29. The van der Waals surface area contributed by atoms with Crippen LogP contribution in [0.4, 0.5) is 0 Å². The number of hydrogen-bond acceptors (Lipinski definition) is 7. The second-order valence-electron chi connectivity index (χ2n) is 5.38. The maximum absolute atomic E-state index is 12.4. The molecule has 0 aliphatic rings. The van der Waals surface area contributed by atoms with Gasteiger partial charge in [0.05, 0.1) is 11.5 Å². The van der Waals surface area contributed by atoms with Crippen LogP contribution in [0.3, 0.4) is 0 Å². The van der Waals surface area contributed by atoms with Crippen LogP contribution < -0.4 is 5.73 Å². The summed E-state index contributed by atoms with van der Waals surface area (Å²) in [6.07, 6.45) is 0. The van der Waals surface area contributed by atoms with Gasteiger partial charge in [-0.15, -0.1) is 10.2 Å². The second-order valence-corrected chi connectivity index (χ2v) is 9.72. The van der Waals surface area contributed by atoms with Crippen molar-refractivity contribution < 1.29 is 9.59 Å². The van der Waals surface area contributed by atoms with Crippen molar-refractivity contribution in [3.63, 3.8) is 0 Å². The zero-order chi connectivity index (χ0) is 19.2. The number of benzene rings is 2. The first-order valence-corrected chi connectivity index (χ1v) is 11.4. The van der Waals surface area contributed by atoms with Crippen LogP contribution in [0.25, 0.3) is 11.1 Å². The molecule has 2 aromatic carbocycles. The summed E-state index contributed by atoms with van der Waals surface area (Å²) >= 11 is 7.37. The van der Waals surface area contributed by atoms with Gasteiger partial charge < -0.3 is 5.73 Å². The van der Waals surface area contributed by atoms with E-state index in [9.17, 15) is 9.59 Å². The number of Topliss-reactive ketones (excluding diaryl/α,β-unsaturated/α-hetero) is 1. The van der Waals surface area contributed by atoms with Crippen LogP contribution in [0.15, 0.2) is 61.7 Å². The zero-order valence-corrected chi connectivity index (χ0v) is 18.0. The van der Waals surface area contributed by atoms with Crippen LogP contribution in [0.1, 0.15) is 10.4 Å². The molecular weight excluding hydrogens is 466 g/mol. The lowest BCUT2D eigenvalue weighted by Gasteiger charge is -2.04. The molecule has 0 saturated heterocycles. The SMILES string of the molecule is NC(=O)CSc1nnc(SCC(=O)c2ccc(-c3ccc(Br)cc3)cc2)s1. The van der Waals surface area contributed by atoms with E-state index >= 15 is 0 Å². The fourth-order valence-corrected chi connectivity index (χ4v) is 5.07. The Morgan fingerprint density at radius 1 is 0.889 bits per heavy atom. The van der Waals surface area contributed by atoms with Gasteiger partial charge in [-0.1, -0.05) is 87.2 Å². The number of hydrogen-bond donors (Lipinski definition) is 1. The summed E-state index contributed by atoms with van der Waals surface area (Å²) in [5, 5.41) is 8.00. The number of rotatable bonds is 8. The largest absolute Gasteiger partial charge is 0.369 e. The Hall–Kier alpha value is -1.68. The van der Waals surface area contributed by atoms with E-state index in [0.717, 1.165) is 15.6 Å². The van der Waals surface area contributed by atoms with Crippen LogP contribution in [-0.2, 0) is 4.79 Å².